The zero-order valence-corrected chi connectivity index (χ0v) is 15.5. The van der Waals surface area contributed by atoms with Gasteiger partial charge >= 0.3 is 0 Å². The molecule has 6 rings (SSSR count). The van der Waals surface area contributed by atoms with Crippen LogP contribution in [-0.2, 0) is 0 Å². The summed E-state index contributed by atoms with van der Waals surface area (Å²) in [4.78, 5) is 0. The van der Waals surface area contributed by atoms with Crippen LogP contribution >= 0.6 is 31.9 Å². The highest BCUT2D eigenvalue weighted by molar-refractivity contribution is 9.24. The second kappa shape index (κ2) is 5.06. The Bertz CT molecular complexity index is 879. The van der Waals surface area contributed by atoms with Crippen molar-refractivity contribution in [3.8, 4) is 0 Å². The average molecular weight is 426 g/mol. The topological polar surface area (TPSA) is 0 Å². The molecule has 3 aliphatic carbocycles. The van der Waals surface area contributed by atoms with Crippen molar-refractivity contribution in [2.75, 3.05) is 0 Å². The molecule has 0 aliphatic heterocycles. The Kier molecular flexibility index (Phi) is 3.08. The van der Waals surface area contributed by atoms with Gasteiger partial charge in [0.05, 0.1) is 3.74 Å². The van der Waals surface area contributed by atoms with Crippen molar-refractivity contribution in [3.63, 3.8) is 0 Å². The maximum atomic E-state index is 3.73. The Morgan fingerprint density at radius 1 is 0.565 bits per heavy atom. The molecule has 0 saturated carbocycles. The molecule has 2 heteroatoms. The smallest absolute Gasteiger partial charge is 0.0712 e. The minimum absolute atomic E-state index is 0.184. The van der Waals surface area contributed by atoms with Crippen molar-refractivity contribution in [2.24, 2.45) is 0 Å². The number of halogens is 2. The minimum Gasteiger partial charge on any atom is -0.0712 e. The zero-order valence-electron chi connectivity index (χ0n) is 12.3. The first-order chi connectivity index (χ1) is 11.3. The van der Waals surface area contributed by atoms with Crippen molar-refractivity contribution >= 4 is 31.9 Å². The fraction of sp³-hybridized carbons (Fsp3) is 0.143. The van der Waals surface area contributed by atoms with Crippen LogP contribution in [0.3, 0.4) is 0 Å². The molecule has 0 amide bonds. The summed E-state index contributed by atoms with van der Waals surface area (Å²) in [6.07, 6.45) is 0. The van der Waals surface area contributed by atoms with Crippen LogP contribution in [0.1, 0.15) is 54.5 Å². The Labute approximate surface area is 152 Å². The summed E-state index contributed by atoms with van der Waals surface area (Å²) in [6, 6.07) is 24.6. The molecular weight excluding hydrogens is 412 g/mol. The van der Waals surface area contributed by atoms with Crippen LogP contribution in [0.25, 0.3) is 0 Å². The van der Waals surface area contributed by atoms with Gasteiger partial charge in [0.25, 0.3) is 0 Å². The van der Waals surface area contributed by atoms with Crippen molar-refractivity contribution in [1.29, 1.82) is 0 Å². The standard InChI is InChI=1S/C21H14Br2/c22-21(23)17-11-5-10-16-18-12-6-1-3-8-14(12)19(20(16)17)15-9-4-2-7-13(15)18/h1-11,18-19,21H. The van der Waals surface area contributed by atoms with Gasteiger partial charge in [0.2, 0.25) is 0 Å². The van der Waals surface area contributed by atoms with Gasteiger partial charge in [-0.2, -0.15) is 0 Å². The van der Waals surface area contributed by atoms with E-state index in [4.69, 9.17) is 0 Å². The predicted octanol–water partition coefficient (Wildman–Crippen LogP) is 6.46. The molecule has 0 atom stereocenters. The van der Waals surface area contributed by atoms with Gasteiger partial charge in [-0.3, -0.25) is 0 Å². The van der Waals surface area contributed by atoms with Crippen LogP contribution in [0.4, 0.5) is 0 Å². The highest BCUT2D eigenvalue weighted by atomic mass is 79.9. The van der Waals surface area contributed by atoms with E-state index in [9.17, 15) is 0 Å². The number of alkyl halides is 2. The Balaban J connectivity index is 1.91. The lowest BCUT2D eigenvalue weighted by atomic mass is 9.60. The van der Waals surface area contributed by atoms with Crippen LogP contribution in [0.2, 0.25) is 0 Å². The molecule has 0 aromatic heterocycles. The maximum Gasteiger partial charge on any atom is 0.0949 e. The lowest BCUT2D eigenvalue weighted by Crippen LogP contribution is -2.28. The monoisotopic (exact) mass is 424 g/mol. The Morgan fingerprint density at radius 3 is 1.57 bits per heavy atom. The van der Waals surface area contributed by atoms with Gasteiger partial charge < -0.3 is 0 Å². The van der Waals surface area contributed by atoms with Crippen molar-refractivity contribution in [3.05, 3.63) is 106 Å². The fourth-order valence-electron chi connectivity index (χ4n) is 4.43. The summed E-state index contributed by atoms with van der Waals surface area (Å²) in [5.41, 5.74) is 10.2. The molecule has 3 aliphatic rings. The average Bonchev–Trinajstić information content (AvgIpc) is 2.60. The second-order valence-electron chi connectivity index (χ2n) is 6.27. The van der Waals surface area contributed by atoms with Crippen LogP contribution < -0.4 is 0 Å². The van der Waals surface area contributed by atoms with Crippen molar-refractivity contribution < 1.29 is 0 Å². The van der Waals surface area contributed by atoms with E-state index >= 15 is 0 Å². The maximum absolute atomic E-state index is 3.73. The molecule has 0 spiro atoms. The highest BCUT2D eigenvalue weighted by Gasteiger charge is 2.42. The van der Waals surface area contributed by atoms with E-state index in [-0.39, 0.29) is 3.74 Å². The zero-order chi connectivity index (χ0) is 15.6. The summed E-state index contributed by atoms with van der Waals surface area (Å²) in [5, 5.41) is 0. The Hall–Kier alpha value is -1.38. The lowest BCUT2D eigenvalue weighted by Gasteiger charge is -2.43. The molecule has 3 aromatic carbocycles. The van der Waals surface area contributed by atoms with Gasteiger partial charge in [-0.05, 0) is 38.9 Å². The fourth-order valence-corrected chi connectivity index (χ4v) is 5.23. The van der Waals surface area contributed by atoms with E-state index < -0.39 is 0 Å². The molecule has 0 radical (unpaired) electrons. The molecule has 0 saturated heterocycles. The molecule has 0 N–H and O–H groups in total. The van der Waals surface area contributed by atoms with Gasteiger partial charge in [0, 0.05) is 11.8 Å². The Morgan fingerprint density at radius 2 is 1.04 bits per heavy atom. The number of rotatable bonds is 1. The van der Waals surface area contributed by atoms with E-state index in [0.717, 1.165) is 0 Å². The largest absolute Gasteiger partial charge is 0.0949 e. The van der Waals surface area contributed by atoms with Crippen LogP contribution in [-0.4, -0.2) is 0 Å². The van der Waals surface area contributed by atoms with Gasteiger partial charge in [-0.15, -0.1) is 0 Å². The third-order valence-electron chi connectivity index (χ3n) is 5.24. The molecular formula is C21H14Br2. The lowest BCUT2D eigenvalue weighted by molar-refractivity contribution is 0.748. The molecule has 23 heavy (non-hydrogen) atoms. The highest BCUT2D eigenvalue weighted by Crippen LogP contribution is 2.57. The normalized spacial score (nSPS) is 20.1. The van der Waals surface area contributed by atoms with Crippen molar-refractivity contribution in [2.45, 2.75) is 15.6 Å². The van der Waals surface area contributed by atoms with Gasteiger partial charge in [-0.1, -0.05) is 98.6 Å². The molecule has 0 fully saturated rings. The number of hydrogen-bond acceptors (Lipinski definition) is 0. The molecule has 112 valence electrons. The third-order valence-corrected chi connectivity index (χ3v) is 6.23. The quantitative estimate of drug-likeness (QED) is 0.270. The molecule has 2 bridgehead atoms. The van der Waals surface area contributed by atoms with Crippen LogP contribution in [0.15, 0.2) is 66.7 Å². The summed E-state index contributed by atoms with van der Waals surface area (Å²) in [6.45, 7) is 0. The first-order valence-electron chi connectivity index (χ1n) is 7.86. The van der Waals surface area contributed by atoms with E-state index in [2.05, 4.69) is 98.6 Å². The molecule has 0 heterocycles. The first kappa shape index (κ1) is 14.0. The van der Waals surface area contributed by atoms with Gasteiger partial charge in [-0.25, -0.2) is 0 Å². The SMILES string of the molecule is BrC(Br)c1cccc2c1C1c3ccccc3C2c2ccccc21. The number of hydrogen-bond donors (Lipinski definition) is 0. The van der Waals surface area contributed by atoms with Gasteiger partial charge in [0.15, 0.2) is 0 Å². The van der Waals surface area contributed by atoms with E-state index in [0.29, 0.717) is 11.8 Å². The summed E-state index contributed by atoms with van der Waals surface area (Å²) < 4.78 is 0.184. The summed E-state index contributed by atoms with van der Waals surface area (Å²) in [5.74, 6) is 0.706. The number of benzene rings is 3. The molecule has 0 nitrogen and oxygen atoms in total. The summed E-state index contributed by atoms with van der Waals surface area (Å²) in [7, 11) is 0. The summed E-state index contributed by atoms with van der Waals surface area (Å²) >= 11 is 7.46. The van der Waals surface area contributed by atoms with E-state index in [1.807, 2.05) is 0 Å². The minimum atomic E-state index is 0.184. The second-order valence-corrected chi connectivity index (χ2v) is 9.33. The van der Waals surface area contributed by atoms with Crippen molar-refractivity contribution in [1.82, 2.24) is 0 Å². The molecule has 3 aromatic rings. The van der Waals surface area contributed by atoms with Crippen LogP contribution in [0.5, 0.6) is 0 Å². The van der Waals surface area contributed by atoms with Gasteiger partial charge in [0.1, 0.15) is 0 Å². The van der Waals surface area contributed by atoms with Crippen LogP contribution in [0, 0.1) is 0 Å². The first-order valence-corrected chi connectivity index (χ1v) is 9.69. The third kappa shape index (κ3) is 1.82. The van der Waals surface area contributed by atoms with E-state index in [1.165, 1.54) is 38.9 Å². The van der Waals surface area contributed by atoms with E-state index in [1.54, 1.807) is 0 Å². The molecule has 0 unspecified atom stereocenters. The predicted molar refractivity (Wildman–Crippen MR) is 102 cm³/mol.